The Morgan fingerprint density at radius 2 is 1.92 bits per heavy atom. The molecule has 2 heterocycles. The predicted octanol–water partition coefficient (Wildman–Crippen LogP) is 0.626. The van der Waals surface area contributed by atoms with Crippen molar-refractivity contribution in [2.45, 2.75) is 13.3 Å². The largest absolute Gasteiger partial charge is 0.385 e. The molecular formula is C17H26N4O3. The van der Waals surface area contributed by atoms with E-state index in [1.165, 1.54) is 12.4 Å². The topological polar surface area (TPSA) is 74.8 Å². The Labute approximate surface area is 143 Å². The smallest absolute Gasteiger partial charge is 0.255 e. The first-order valence-electron chi connectivity index (χ1n) is 8.39. The quantitative estimate of drug-likeness (QED) is 0.740. The highest BCUT2D eigenvalue weighted by Gasteiger charge is 2.22. The van der Waals surface area contributed by atoms with E-state index in [9.17, 15) is 9.59 Å². The fourth-order valence-electron chi connectivity index (χ4n) is 2.65. The fraction of sp³-hybridized carbons (Fsp3) is 0.588. The molecule has 2 rings (SSSR count). The first-order valence-corrected chi connectivity index (χ1v) is 8.39. The lowest BCUT2D eigenvalue weighted by Gasteiger charge is -2.34. The van der Waals surface area contributed by atoms with Crippen LogP contribution >= 0.6 is 0 Å². The van der Waals surface area contributed by atoms with Gasteiger partial charge in [-0.3, -0.25) is 14.6 Å². The Morgan fingerprint density at radius 3 is 2.58 bits per heavy atom. The molecule has 0 saturated carbocycles. The Kier molecular flexibility index (Phi) is 7.14. The van der Waals surface area contributed by atoms with Crippen molar-refractivity contribution >= 4 is 11.8 Å². The van der Waals surface area contributed by atoms with Crippen LogP contribution in [0.15, 0.2) is 18.5 Å². The third kappa shape index (κ3) is 5.01. The Morgan fingerprint density at radius 1 is 1.21 bits per heavy atom. The molecule has 24 heavy (non-hydrogen) atoms. The number of carbonyl (C=O) groups excluding carboxylic acids is 2. The molecule has 7 nitrogen and oxygen atoms in total. The van der Waals surface area contributed by atoms with Gasteiger partial charge in [0.05, 0.1) is 11.1 Å². The first-order chi connectivity index (χ1) is 11.7. The molecule has 0 unspecified atom stereocenters. The van der Waals surface area contributed by atoms with E-state index in [1.807, 2.05) is 4.90 Å². The molecule has 1 aromatic rings. The van der Waals surface area contributed by atoms with Gasteiger partial charge in [-0.15, -0.1) is 0 Å². The van der Waals surface area contributed by atoms with Gasteiger partial charge in [-0.2, -0.15) is 0 Å². The van der Waals surface area contributed by atoms with E-state index in [-0.39, 0.29) is 11.8 Å². The Hall–Kier alpha value is -1.99. The number of carbonyl (C=O) groups is 2. The van der Waals surface area contributed by atoms with E-state index in [0.29, 0.717) is 37.4 Å². The van der Waals surface area contributed by atoms with Crippen molar-refractivity contribution in [3.05, 3.63) is 29.6 Å². The van der Waals surface area contributed by atoms with Crippen LogP contribution in [-0.2, 0) is 4.74 Å². The standard InChI is InChI=1S/C17H26N4O3/c1-3-20-6-8-21(9-7-20)17(23)15-11-14(12-18-13-15)16(22)19-5-4-10-24-2/h11-13H,3-10H2,1-2H3,(H,19,22). The molecule has 1 saturated heterocycles. The van der Waals surface area contributed by atoms with E-state index in [4.69, 9.17) is 4.74 Å². The lowest BCUT2D eigenvalue weighted by Crippen LogP contribution is -2.48. The van der Waals surface area contributed by atoms with E-state index in [0.717, 1.165) is 26.1 Å². The highest BCUT2D eigenvalue weighted by atomic mass is 16.5. The molecule has 0 radical (unpaired) electrons. The third-order valence-corrected chi connectivity index (χ3v) is 4.16. The number of aromatic nitrogens is 1. The van der Waals surface area contributed by atoms with E-state index >= 15 is 0 Å². The van der Waals surface area contributed by atoms with Crippen LogP contribution < -0.4 is 5.32 Å². The van der Waals surface area contributed by atoms with Gasteiger partial charge >= 0.3 is 0 Å². The molecular weight excluding hydrogens is 308 g/mol. The van der Waals surface area contributed by atoms with Crippen LogP contribution in [0, 0.1) is 0 Å². The number of nitrogens with one attached hydrogen (secondary N) is 1. The number of piperazine rings is 1. The molecule has 132 valence electrons. The second-order valence-corrected chi connectivity index (χ2v) is 5.79. The normalized spacial score (nSPS) is 15.3. The van der Waals surface area contributed by atoms with Crippen LogP contribution in [0.3, 0.4) is 0 Å². The predicted molar refractivity (Wildman–Crippen MR) is 91.1 cm³/mol. The van der Waals surface area contributed by atoms with Gasteiger partial charge in [0.1, 0.15) is 0 Å². The minimum Gasteiger partial charge on any atom is -0.385 e. The van der Waals surface area contributed by atoms with Crippen LogP contribution in [0.1, 0.15) is 34.1 Å². The highest BCUT2D eigenvalue weighted by molar-refractivity contribution is 5.99. The Bertz CT molecular complexity index is 557. The molecule has 0 spiro atoms. The van der Waals surface area contributed by atoms with Gasteiger partial charge in [-0.25, -0.2) is 0 Å². The molecule has 1 aromatic heterocycles. The van der Waals surface area contributed by atoms with Crippen molar-refractivity contribution in [3.63, 3.8) is 0 Å². The SMILES string of the molecule is CCN1CCN(C(=O)c2cncc(C(=O)NCCCOC)c2)CC1. The van der Waals surface area contributed by atoms with Gasteiger partial charge in [-0.1, -0.05) is 6.92 Å². The summed E-state index contributed by atoms with van der Waals surface area (Å²) in [5, 5.41) is 2.80. The van der Waals surface area contributed by atoms with Crippen molar-refractivity contribution in [1.29, 1.82) is 0 Å². The number of likely N-dealkylation sites (N-methyl/N-ethyl adjacent to an activating group) is 1. The van der Waals surface area contributed by atoms with Crippen molar-refractivity contribution in [2.75, 3.05) is 53.0 Å². The molecule has 0 aromatic carbocycles. The molecule has 1 N–H and O–H groups in total. The molecule has 0 bridgehead atoms. The summed E-state index contributed by atoms with van der Waals surface area (Å²) in [5.74, 6) is -0.281. The summed E-state index contributed by atoms with van der Waals surface area (Å²) in [5.41, 5.74) is 0.870. The van der Waals surface area contributed by atoms with Crippen LogP contribution in [0.2, 0.25) is 0 Å². The van der Waals surface area contributed by atoms with Crippen LogP contribution in [0.5, 0.6) is 0 Å². The average molecular weight is 334 g/mol. The molecule has 0 aliphatic carbocycles. The van der Waals surface area contributed by atoms with Gasteiger partial charge in [0.15, 0.2) is 0 Å². The van der Waals surface area contributed by atoms with Crippen LogP contribution in [-0.4, -0.2) is 79.6 Å². The molecule has 7 heteroatoms. The lowest BCUT2D eigenvalue weighted by molar-refractivity contribution is 0.0643. The van der Waals surface area contributed by atoms with Crippen molar-refractivity contribution < 1.29 is 14.3 Å². The summed E-state index contributed by atoms with van der Waals surface area (Å²) in [6.07, 6.45) is 3.75. The van der Waals surface area contributed by atoms with E-state index < -0.39 is 0 Å². The summed E-state index contributed by atoms with van der Waals surface area (Å²) in [4.78, 5) is 32.9. The second kappa shape index (κ2) is 9.34. The fourth-order valence-corrected chi connectivity index (χ4v) is 2.65. The summed E-state index contributed by atoms with van der Waals surface area (Å²) >= 11 is 0. The zero-order chi connectivity index (χ0) is 17.4. The molecule has 1 aliphatic rings. The Balaban J connectivity index is 1.94. The number of hydrogen-bond donors (Lipinski definition) is 1. The zero-order valence-corrected chi connectivity index (χ0v) is 14.5. The molecule has 0 atom stereocenters. The molecule has 1 fully saturated rings. The molecule has 2 amide bonds. The van der Waals surface area contributed by atoms with Crippen molar-refractivity contribution in [1.82, 2.24) is 20.1 Å². The van der Waals surface area contributed by atoms with Crippen LogP contribution in [0.25, 0.3) is 0 Å². The second-order valence-electron chi connectivity index (χ2n) is 5.79. The van der Waals surface area contributed by atoms with Crippen molar-refractivity contribution in [2.24, 2.45) is 0 Å². The summed E-state index contributed by atoms with van der Waals surface area (Å²) in [6, 6.07) is 1.62. The van der Waals surface area contributed by atoms with Crippen molar-refractivity contribution in [3.8, 4) is 0 Å². The van der Waals surface area contributed by atoms with Gasteiger partial charge in [-0.05, 0) is 19.0 Å². The maximum atomic E-state index is 12.6. The van der Waals surface area contributed by atoms with Gasteiger partial charge in [0.2, 0.25) is 0 Å². The average Bonchev–Trinajstić information content (AvgIpc) is 2.64. The van der Waals surface area contributed by atoms with E-state index in [2.05, 4.69) is 22.1 Å². The minimum atomic E-state index is -0.218. The monoisotopic (exact) mass is 334 g/mol. The summed E-state index contributed by atoms with van der Waals surface area (Å²) in [7, 11) is 1.63. The molecule has 1 aliphatic heterocycles. The van der Waals surface area contributed by atoms with E-state index in [1.54, 1.807) is 13.2 Å². The maximum Gasteiger partial charge on any atom is 0.255 e. The number of hydrogen-bond acceptors (Lipinski definition) is 5. The number of pyridine rings is 1. The number of methoxy groups -OCH3 is 1. The third-order valence-electron chi connectivity index (χ3n) is 4.16. The van der Waals surface area contributed by atoms with Crippen LogP contribution in [0.4, 0.5) is 0 Å². The van der Waals surface area contributed by atoms with Gasteiger partial charge in [0.25, 0.3) is 11.8 Å². The number of nitrogens with zero attached hydrogens (tertiary/aromatic N) is 3. The zero-order valence-electron chi connectivity index (χ0n) is 14.5. The minimum absolute atomic E-state index is 0.0627. The van der Waals surface area contributed by atoms with Gasteiger partial charge < -0.3 is 19.9 Å². The van der Waals surface area contributed by atoms with Gasteiger partial charge in [0, 0.05) is 58.8 Å². The summed E-state index contributed by atoms with van der Waals surface area (Å²) in [6.45, 7) is 7.44. The highest BCUT2D eigenvalue weighted by Crippen LogP contribution is 2.10. The summed E-state index contributed by atoms with van der Waals surface area (Å²) < 4.78 is 4.95. The maximum absolute atomic E-state index is 12.6. The number of ether oxygens (including phenoxy) is 1. The number of rotatable bonds is 7. The lowest BCUT2D eigenvalue weighted by atomic mass is 10.1. The number of amides is 2. The first kappa shape index (κ1) is 18.4.